The second-order valence-electron chi connectivity index (χ2n) is 10.3. The molecule has 1 unspecified atom stereocenters. The van der Waals surface area contributed by atoms with Crippen LogP contribution < -0.4 is 20.3 Å². The summed E-state index contributed by atoms with van der Waals surface area (Å²) >= 11 is 6.04. The second kappa shape index (κ2) is 10.6. The van der Waals surface area contributed by atoms with Gasteiger partial charge in [0.25, 0.3) is 11.8 Å². The molecule has 1 aromatic heterocycles. The van der Waals surface area contributed by atoms with Crippen molar-refractivity contribution in [3.05, 3.63) is 52.9 Å². The van der Waals surface area contributed by atoms with E-state index in [4.69, 9.17) is 16.3 Å². The fourth-order valence-electron chi connectivity index (χ4n) is 4.94. The van der Waals surface area contributed by atoms with E-state index in [1.165, 1.54) is 24.4 Å². The van der Waals surface area contributed by atoms with Crippen molar-refractivity contribution >= 4 is 29.2 Å². The molecule has 2 saturated heterocycles. The first kappa shape index (κ1) is 27.9. The molecule has 2 N–H and O–H groups in total. The molecule has 206 valence electrons. The summed E-state index contributed by atoms with van der Waals surface area (Å²) < 4.78 is 57.4. The van der Waals surface area contributed by atoms with Crippen molar-refractivity contribution in [3.8, 4) is 5.75 Å². The minimum absolute atomic E-state index is 0.0443. The monoisotopic (exact) mass is 556 g/mol. The van der Waals surface area contributed by atoms with Crippen molar-refractivity contribution in [1.82, 2.24) is 15.6 Å². The van der Waals surface area contributed by atoms with E-state index in [-0.39, 0.29) is 40.4 Å². The van der Waals surface area contributed by atoms with Crippen LogP contribution in [0, 0.1) is 5.82 Å². The van der Waals surface area contributed by atoms with Crippen LogP contribution in [-0.4, -0.2) is 52.7 Å². The molecule has 38 heavy (non-hydrogen) atoms. The van der Waals surface area contributed by atoms with Gasteiger partial charge in [-0.25, -0.2) is 9.37 Å². The van der Waals surface area contributed by atoms with Gasteiger partial charge in [-0.2, -0.15) is 13.2 Å². The van der Waals surface area contributed by atoms with Crippen LogP contribution in [0.3, 0.4) is 0 Å². The fourth-order valence-corrected chi connectivity index (χ4v) is 5.15. The summed E-state index contributed by atoms with van der Waals surface area (Å²) in [4.78, 5) is 31.7. The Kier molecular flexibility index (Phi) is 7.79. The quantitative estimate of drug-likeness (QED) is 0.468. The number of piperidine rings is 1. The van der Waals surface area contributed by atoms with Crippen molar-refractivity contribution in [3.63, 3.8) is 0 Å². The molecule has 7 nitrogen and oxygen atoms in total. The summed E-state index contributed by atoms with van der Waals surface area (Å²) in [5.41, 5.74) is -1.21. The molecule has 3 heterocycles. The van der Waals surface area contributed by atoms with Crippen LogP contribution in [0.1, 0.15) is 56.8 Å². The van der Waals surface area contributed by atoms with Crippen LogP contribution in [-0.2, 0) is 4.79 Å². The number of carbonyl (C=O) groups is 2. The molecule has 2 bridgehead atoms. The van der Waals surface area contributed by atoms with Crippen molar-refractivity contribution in [1.29, 1.82) is 0 Å². The molecule has 2 aliphatic heterocycles. The van der Waals surface area contributed by atoms with Gasteiger partial charge in [0.1, 0.15) is 23.4 Å². The van der Waals surface area contributed by atoms with Gasteiger partial charge in [-0.1, -0.05) is 11.6 Å². The molecule has 0 spiro atoms. The lowest BCUT2D eigenvalue weighted by molar-refractivity contribution is -0.149. The maximum Gasteiger partial charge on any atom is 0.408 e. The number of anilines is 1. The third kappa shape index (κ3) is 6.14. The Bertz CT molecular complexity index is 1180. The van der Waals surface area contributed by atoms with Gasteiger partial charge in [0.2, 0.25) is 0 Å². The molecule has 0 aliphatic carbocycles. The van der Waals surface area contributed by atoms with Crippen LogP contribution >= 0.6 is 11.6 Å². The largest absolute Gasteiger partial charge is 0.476 e. The number of fused-ring (bicyclic) bond motifs is 2. The van der Waals surface area contributed by atoms with Gasteiger partial charge in [-0.15, -0.1) is 0 Å². The molecular weight excluding hydrogens is 528 g/mol. The number of rotatable bonds is 7. The standard InChI is InChI=1S/C26H29ClF4N4O3/c1-14(26(29,30)31)33-23(36)15-4-9-22(32-13-15)35-18-6-7-19(35)12-17(11-18)34-24(37)25(2,3)38-21-8-5-16(28)10-20(21)27/h4-5,8-10,13-14,17-19H,6-7,11-12H2,1-3H3,(H,33,36)(H,34,37)/t14-,17?,18-,19+/m0/s1. The molecule has 1 aromatic carbocycles. The maximum absolute atomic E-state index is 13.3. The van der Waals surface area contributed by atoms with E-state index in [1.807, 2.05) is 5.32 Å². The Labute approximate surface area is 222 Å². The van der Waals surface area contributed by atoms with Crippen molar-refractivity contribution in [2.24, 2.45) is 0 Å². The zero-order chi connectivity index (χ0) is 27.8. The number of carbonyl (C=O) groups excluding carboxylic acids is 2. The lowest BCUT2D eigenvalue weighted by atomic mass is 9.96. The maximum atomic E-state index is 13.3. The van der Waals surface area contributed by atoms with Crippen molar-refractivity contribution in [2.45, 2.75) is 82.4 Å². The predicted molar refractivity (Wildman–Crippen MR) is 134 cm³/mol. The highest BCUT2D eigenvalue weighted by Gasteiger charge is 2.43. The molecule has 0 saturated carbocycles. The van der Waals surface area contributed by atoms with Gasteiger partial charge >= 0.3 is 6.18 Å². The minimum Gasteiger partial charge on any atom is -0.476 e. The van der Waals surface area contributed by atoms with Crippen LogP contribution in [0.25, 0.3) is 0 Å². The summed E-state index contributed by atoms with van der Waals surface area (Å²) in [5.74, 6) is -0.825. The third-order valence-electron chi connectivity index (χ3n) is 6.99. The number of benzene rings is 1. The van der Waals surface area contributed by atoms with Gasteiger partial charge in [-0.3, -0.25) is 9.59 Å². The average Bonchev–Trinajstić information content (AvgIpc) is 3.10. The van der Waals surface area contributed by atoms with E-state index in [0.29, 0.717) is 18.7 Å². The molecule has 4 atom stereocenters. The first-order valence-corrected chi connectivity index (χ1v) is 12.7. The summed E-state index contributed by atoms with van der Waals surface area (Å²) in [6.45, 7) is 4.11. The third-order valence-corrected chi connectivity index (χ3v) is 7.28. The number of nitrogens with one attached hydrogen (secondary N) is 2. The summed E-state index contributed by atoms with van der Waals surface area (Å²) in [6.07, 6.45) is -0.117. The van der Waals surface area contributed by atoms with Crippen LogP contribution in [0.15, 0.2) is 36.5 Å². The number of alkyl halides is 3. The lowest BCUT2D eigenvalue weighted by Gasteiger charge is -2.40. The van der Waals surface area contributed by atoms with Gasteiger partial charge in [0, 0.05) is 24.3 Å². The van der Waals surface area contributed by atoms with Gasteiger partial charge in [0.15, 0.2) is 5.60 Å². The number of hydrogen-bond donors (Lipinski definition) is 2. The second-order valence-corrected chi connectivity index (χ2v) is 10.7. The van der Waals surface area contributed by atoms with Crippen LogP contribution in [0.2, 0.25) is 5.02 Å². The first-order valence-electron chi connectivity index (χ1n) is 12.3. The summed E-state index contributed by atoms with van der Waals surface area (Å²) in [5, 5.41) is 5.07. The van der Waals surface area contributed by atoms with E-state index in [1.54, 1.807) is 19.9 Å². The number of ether oxygens (including phenoxy) is 1. The van der Waals surface area contributed by atoms with E-state index in [2.05, 4.69) is 15.2 Å². The first-order chi connectivity index (χ1) is 17.7. The summed E-state index contributed by atoms with van der Waals surface area (Å²) in [6, 6.07) is 4.95. The molecule has 2 aromatic rings. The normalized spacial score (nSPS) is 22.1. The highest BCUT2D eigenvalue weighted by molar-refractivity contribution is 6.32. The van der Waals surface area contributed by atoms with E-state index in [0.717, 1.165) is 25.8 Å². The SMILES string of the molecule is C[C@H](NC(=O)c1ccc(N2[C@@H]3CC[C@H]2CC(NC(=O)C(C)(C)Oc2ccc(F)cc2Cl)C3)nc1)C(F)(F)F. The van der Waals surface area contributed by atoms with Gasteiger partial charge in [0.05, 0.1) is 10.6 Å². The fraction of sp³-hybridized carbons (Fsp3) is 0.500. The number of aromatic nitrogens is 1. The smallest absolute Gasteiger partial charge is 0.408 e. The van der Waals surface area contributed by atoms with Crippen molar-refractivity contribution < 1.29 is 31.9 Å². The van der Waals surface area contributed by atoms with E-state index in [9.17, 15) is 27.2 Å². The average molecular weight is 557 g/mol. The molecule has 4 rings (SSSR count). The number of halogens is 5. The van der Waals surface area contributed by atoms with E-state index < -0.39 is 29.5 Å². The summed E-state index contributed by atoms with van der Waals surface area (Å²) in [7, 11) is 0. The Morgan fingerprint density at radius 3 is 2.34 bits per heavy atom. The Hall–Kier alpha value is -3.08. The molecular formula is C26H29ClF4N4O3. The lowest BCUT2D eigenvalue weighted by Crippen LogP contribution is -2.55. The van der Waals surface area contributed by atoms with Crippen molar-refractivity contribution in [2.75, 3.05) is 4.90 Å². The number of amides is 2. The topological polar surface area (TPSA) is 83.6 Å². The number of pyridine rings is 1. The molecule has 12 heteroatoms. The molecule has 2 fully saturated rings. The predicted octanol–water partition coefficient (Wildman–Crippen LogP) is 5.03. The highest BCUT2D eigenvalue weighted by atomic mass is 35.5. The Morgan fingerprint density at radius 2 is 1.79 bits per heavy atom. The molecule has 0 radical (unpaired) electrons. The Morgan fingerprint density at radius 1 is 1.13 bits per heavy atom. The number of nitrogens with zero attached hydrogens (tertiary/aromatic N) is 2. The van der Waals surface area contributed by atoms with Gasteiger partial charge in [-0.05, 0) is 76.8 Å². The van der Waals surface area contributed by atoms with Crippen LogP contribution in [0.5, 0.6) is 5.75 Å². The molecule has 2 aliphatic rings. The highest BCUT2D eigenvalue weighted by Crippen LogP contribution is 2.39. The minimum atomic E-state index is -4.53. The zero-order valence-corrected chi connectivity index (χ0v) is 21.9. The van der Waals surface area contributed by atoms with Gasteiger partial charge < -0.3 is 20.3 Å². The number of hydrogen-bond acceptors (Lipinski definition) is 5. The zero-order valence-electron chi connectivity index (χ0n) is 21.1. The van der Waals surface area contributed by atoms with E-state index >= 15 is 0 Å². The Balaban J connectivity index is 1.36. The van der Waals surface area contributed by atoms with Crippen LogP contribution in [0.4, 0.5) is 23.4 Å². The molecule has 2 amide bonds.